The molecule has 6 nitrogen and oxygen atoms in total. The van der Waals surface area contributed by atoms with E-state index in [-0.39, 0.29) is 18.6 Å². The van der Waals surface area contributed by atoms with Crippen molar-refractivity contribution in [1.29, 1.82) is 0 Å². The average molecular weight is 450 g/mol. The van der Waals surface area contributed by atoms with Crippen molar-refractivity contribution in [2.75, 3.05) is 13.2 Å². The first-order chi connectivity index (χ1) is 15.6. The van der Waals surface area contributed by atoms with Gasteiger partial charge < -0.3 is 19.4 Å². The van der Waals surface area contributed by atoms with Gasteiger partial charge in [-0.2, -0.15) is 0 Å². The third kappa shape index (κ3) is 5.21. The standard InChI is InChI=1S/C25H24ClN3O3/c1-18(27-24(30)17-32-19-9-3-2-4-10-19)25-28-21-12-6-7-13-22(21)29(25)15-16-31-23-14-8-5-11-20(23)26/h2-14,18H,15-17H2,1H3,(H,27,30). The zero-order valence-corrected chi connectivity index (χ0v) is 18.5. The molecule has 1 N–H and O–H groups in total. The van der Waals surface area contributed by atoms with Gasteiger partial charge >= 0.3 is 0 Å². The molecule has 164 valence electrons. The SMILES string of the molecule is CC(NC(=O)COc1ccccc1)c1nc2ccccc2n1CCOc1ccccc1Cl. The number of rotatable bonds is 9. The molecule has 0 saturated heterocycles. The lowest BCUT2D eigenvalue weighted by Crippen LogP contribution is -2.33. The van der Waals surface area contributed by atoms with E-state index in [2.05, 4.69) is 9.88 Å². The Bertz CT molecular complexity index is 1190. The fourth-order valence-electron chi connectivity index (χ4n) is 3.48. The quantitative estimate of drug-likeness (QED) is 0.389. The normalized spacial score (nSPS) is 11.8. The van der Waals surface area contributed by atoms with Crippen molar-refractivity contribution >= 4 is 28.5 Å². The van der Waals surface area contributed by atoms with Crippen LogP contribution in [0.15, 0.2) is 78.9 Å². The second-order valence-electron chi connectivity index (χ2n) is 7.28. The van der Waals surface area contributed by atoms with E-state index in [0.717, 1.165) is 16.9 Å². The molecule has 4 aromatic rings. The summed E-state index contributed by atoms with van der Waals surface area (Å²) in [6.45, 7) is 2.81. The Kier molecular flexibility index (Phi) is 6.92. The highest BCUT2D eigenvalue weighted by molar-refractivity contribution is 6.32. The second-order valence-corrected chi connectivity index (χ2v) is 7.69. The molecule has 4 rings (SSSR count). The van der Waals surface area contributed by atoms with Crippen molar-refractivity contribution in [2.24, 2.45) is 0 Å². The first-order valence-electron chi connectivity index (χ1n) is 10.4. The first kappa shape index (κ1) is 21.7. The second kappa shape index (κ2) is 10.2. The van der Waals surface area contributed by atoms with Gasteiger partial charge in [-0.1, -0.05) is 54.1 Å². The minimum atomic E-state index is -0.311. The van der Waals surface area contributed by atoms with Crippen molar-refractivity contribution in [3.8, 4) is 11.5 Å². The Morgan fingerprint density at radius 1 is 1.00 bits per heavy atom. The molecule has 0 aliphatic rings. The van der Waals surface area contributed by atoms with E-state index >= 15 is 0 Å². The maximum atomic E-state index is 12.5. The van der Waals surface area contributed by atoms with Gasteiger partial charge in [-0.3, -0.25) is 4.79 Å². The smallest absolute Gasteiger partial charge is 0.258 e. The van der Waals surface area contributed by atoms with Gasteiger partial charge in [0.15, 0.2) is 6.61 Å². The fraction of sp³-hybridized carbons (Fsp3) is 0.200. The number of fused-ring (bicyclic) bond motifs is 1. The molecule has 1 aromatic heterocycles. The number of carbonyl (C=O) groups is 1. The lowest BCUT2D eigenvalue weighted by molar-refractivity contribution is -0.123. The minimum absolute atomic E-state index is 0.0653. The van der Waals surface area contributed by atoms with Gasteiger partial charge in [0.2, 0.25) is 0 Å². The highest BCUT2D eigenvalue weighted by Gasteiger charge is 2.19. The van der Waals surface area contributed by atoms with Crippen molar-refractivity contribution in [3.63, 3.8) is 0 Å². The van der Waals surface area contributed by atoms with Crippen LogP contribution >= 0.6 is 11.6 Å². The molecular weight excluding hydrogens is 426 g/mol. The molecular formula is C25H24ClN3O3. The molecule has 32 heavy (non-hydrogen) atoms. The zero-order chi connectivity index (χ0) is 22.3. The fourth-order valence-corrected chi connectivity index (χ4v) is 3.67. The third-order valence-electron chi connectivity index (χ3n) is 4.97. The molecule has 0 fully saturated rings. The number of aromatic nitrogens is 2. The van der Waals surface area contributed by atoms with Gasteiger partial charge in [-0.15, -0.1) is 0 Å². The van der Waals surface area contributed by atoms with E-state index < -0.39 is 0 Å². The number of hydrogen-bond acceptors (Lipinski definition) is 4. The molecule has 0 aliphatic carbocycles. The average Bonchev–Trinajstić information content (AvgIpc) is 3.18. The van der Waals surface area contributed by atoms with Crippen LogP contribution < -0.4 is 14.8 Å². The Morgan fingerprint density at radius 2 is 1.72 bits per heavy atom. The van der Waals surface area contributed by atoms with E-state index in [1.54, 1.807) is 6.07 Å². The largest absolute Gasteiger partial charge is 0.490 e. The van der Waals surface area contributed by atoms with Crippen molar-refractivity contribution in [2.45, 2.75) is 19.5 Å². The molecule has 7 heteroatoms. The predicted octanol–water partition coefficient (Wildman–Crippen LogP) is 5.02. The van der Waals surface area contributed by atoms with Gasteiger partial charge in [0.1, 0.15) is 23.9 Å². The third-order valence-corrected chi connectivity index (χ3v) is 5.28. The van der Waals surface area contributed by atoms with Gasteiger partial charge in [0, 0.05) is 0 Å². The highest BCUT2D eigenvalue weighted by atomic mass is 35.5. The number of benzene rings is 3. The molecule has 1 atom stereocenters. The van der Waals surface area contributed by atoms with Crippen LogP contribution in [0, 0.1) is 0 Å². The van der Waals surface area contributed by atoms with Crippen LogP contribution in [0.5, 0.6) is 11.5 Å². The number of carbonyl (C=O) groups excluding carboxylic acids is 1. The maximum Gasteiger partial charge on any atom is 0.258 e. The Hall–Kier alpha value is -3.51. The number of para-hydroxylation sites is 4. The van der Waals surface area contributed by atoms with Gasteiger partial charge in [0.25, 0.3) is 5.91 Å². The summed E-state index contributed by atoms with van der Waals surface area (Å²) < 4.78 is 13.5. The maximum absolute atomic E-state index is 12.5. The monoisotopic (exact) mass is 449 g/mol. The topological polar surface area (TPSA) is 65.4 Å². The number of halogens is 1. The summed E-state index contributed by atoms with van der Waals surface area (Å²) in [6, 6.07) is 24.2. The molecule has 0 radical (unpaired) electrons. The highest BCUT2D eigenvalue weighted by Crippen LogP contribution is 2.24. The van der Waals surface area contributed by atoms with Crippen molar-refractivity contribution in [1.82, 2.24) is 14.9 Å². The molecule has 0 saturated carbocycles. The number of ether oxygens (including phenoxy) is 2. The molecule has 1 heterocycles. The summed E-state index contributed by atoms with van der Waals surface area (Å²) in [5.41, 5.74) is 1.84. The van der Waals surface area contributed by atoms with Crippen molar-refractivity contribution in [3.05, 3.63) is 89.7 Å². The van der Waals surface area contributed by atoms with E-state index in [1.165, 1.54) is 0 Å². The predicted molar refractivity (Wildman–Crippen MR) is 125 cm³/mol. The van der Waals surface area contributed by atoms with Gasteiger partial charge in [-0.05, 0) is 43.3 Å². The van der Waals surface area contributed by atoms with Crippen LogP contribution in [-0.4, -0.2) is 28.7 Å². The lowest BCUT2D eigenvalue weighted by Gasteiger charge is -2.17. The first-order valence-corrected chi connectivity index (χ1v) is 10.8. The van der Waals surface area contributed by atoms with E-state index in [0.29, 0.717) is 29.7 Å². The zero-order valence-electron chi connectivity index (χ0n) is 17.7. The van der Waals surface area contributed by atoms with Crippen LogP contribution in [0.25, 0.3) is 11.0 Å². The van der Waals surface area contributed by atoms with E-state index in [4.69, 9.17) is 26.1 Å². The lowest BCUT2D eigenvalue weighted by atomic mass is 10.3. The summed E-state index contributed by atoms with van der Waals surface area (Å²) >= 11 is 6.19. The minimum Gasteiger partial charge on any atom is -0.490 e. The number of nitrogens with one attached hydrogen (secondary N) is 1. The molecule has 1 amide bonds. The van der Waals surface area contributed by atoms with E-state index in [9.17, 15) is 4.79 Å². The number of hydrogen-bond donors (Lipinski definition) is 1. The Balaban J connectivity index is 1.45. The molecule has 1 unspecified atom stereocenters. The summed E-state index contributed by atoms with van der Waals surface area (Å²) in [6.07, 6.45) is 0. The van der Waals surface area contributed by atoms with Gasteiger partial charge in [-0.25, -0.2) is 4.98 Å². The number of imidazole rings is 1. The molecule has 0 bridgehead atoms. The van der Waals surface area contributed by atoms with Crippen LogP contribution in [0.4, 0.5) is 0 Å². The summed E-state index contributed by atoms with van der Waals surface area (Å²) in [7, 11) is 0. The van der Waals surface area contributed by atoms with Gasteiger partial charge in [0.05, 0.1) is 28.6 Å². The molecule has 3 aromatic carbocycles. The summed E-state index contributed by atoms with van der Waals surface area (Å²) in [4.78, 5) is 17.2. The van der Waals surface area contributed by atoms with Crippen LogP contribution in [0.3, 0.4) is 0 Å². The van der Waals surface area contributed by atoms with Crippen molar-refractivity contribution < 1.29 is 14.3 Å². The Labute approximate surface area is 191 Å². The number of amides is 1. The van der Waals surface area contributed by atoms with Crippen LogP contribution in [0.2, 0.25) is 5.02 Å². The van der Waals surface area contributed by atoms with E-state index in [1.807, 2.05) is 79.7 Å². The Morgan fingerprint density at radius 3 is 2.53 bits per heavy atom. The van der Waals surface area contributed by atoms with Crippen LogP contribution in [-0.2, 0) is 11.3 Å². The number of nitrogens with zero attached hydrogens (tertiary/aromatic N) is 2. The summed E-state index contributed by atoms with van der Waals surface area (Å²) in [5.74, 6) is 1.83. The molecule has 0 aliphatic heterocycles. The van der Waals surface area contributed by atoms with Crippen LogP contribution in [0.1, 0.15) is 18.8 Å². The molecule has 0 spiro atoms. The summed E-state index contributed by atoms with van der Waals surface area (Å²) in [5, 5.41) is 3.55.